The molecule has 1 fully saturated rings. The summed E-state index contributed by atoms with van der Waals surface area (Å²) < 4.78 is 38.4. The molecular formula is C19H14Cl2F3N3O3. The molecular weight excluding hydrogens is 446 g/mol. The van der Waals surface area contributed by atoms with Gasteiger partial charge >= 0.3 is 12.2 Å². The first-order chi connectivity index (χ1) is 13.9. The summed E-state index contributed by atoms with van der Waals surface area (Å²) in [6.07, 6.45) is -4.58. The summed E-state index contributed by atoms with van der Waals surface area (Å²) >= 11 is 11.9. The Bertz CT molecular complexity index is 1050. The Kier molecular flexibility index (Phi) is 5.70. The highest BCUT2D eigenvalue weighted by atomic mass is 35.5. The Morgan fingerprint density at radius 1 is 1.13 bits per heavy atom. The Hall–Kier alpha value is -2.78. The molecule has 158 valence electrons. The van der Waals surface area contributed by atoms with E-state index in [4.69, 9.17) is 23.2 Å². The van der Waals surface area contributed by atoms with Crippen LogP contribution in [0.2, 0.25) is 10.0 Å². The normalized spacial score (nSPS) is 19.1. The van der Waals surface area contributed by atoms with Gasteiger partial charge < -0.3 is 10.6 Å². The highest BCUT2D eigenvalue weighted by Crippen LogP contribution is 2.33. The van der Waals surface area contributed by atoms with E-state index in [1.54, 1.807) is 0 Å². The minimum atomic E-state index is -4.58. The Balaban J connectivity index is 1.75. The third-order valence-electron chi connectivity index (χ3n) is 4.55. The fourth-order valence-corrected chi connectivity index (χ4v) is 3.26. The lowest BCUT2D eigenvalue weighted by Gasteiger charge is -2.22. The summed E-state index contributed by atoms with van der Waals surface area (Å²) in [7, 11) is 0. The van der Waals surface area contributed by atoms with Crippen LogP contribution in [0.4, 0.5) is 23.7 Å². The van der Waals surface area contributed by atoms with Gasteiger partial charge in [-0.05, 0) is 42.8 Å². The lowest BCUT2D eigenvalue weighted by molar-refractivity contribution is -0.137. The zero-order valence-corrected chi connectivity index (χ0v) is 16.8. The molecule has 0 aliphatic carbocycles. The van der Waals surface area contributed by atoms with Crippen molar-refractivity contribution in [3.63, 3.8) is 0 Å². The predicted octanol–water partition coefficient (Wildman–Crippen LogP) is 4.42. The van der Waals surface area contributed by atoms with Crippen LogP contribution in [0.5, 0.6) is 0 Å². The van der Waals surface area contributed by atoms with Crippen LogP contribution in [0.1, 0.15) is 18.1 Å². The molecule has 2 aromatic rings. The lowest BCUT2D eigenvalue weighted by atomic mass is 9.92. The maximum atomic E-state index is 12.8. The predicted molar refractivity (Wildman–Crippen MR) is 104 cm³/mol. The number of carbonyl (C=O) groups excluding carboxylic acids is 3. The molecule has 30 heavy (non-hydrogen) atoms. The molecule has 1 atom stereocenters. The van der Waals surface area contributed by atoms with Crippen molar-refractivity contribution in [2.45, 2.75) is 18.6 Å². The van der Waals surface area contributed by atoms with Gasteiger partial charge in [-0.3, -0.25) is 14.5 Å². The summed E-state index contributed by atoms with van der Waals surface area (Å²) in [6.45, 7) is 0.759. The van der Waals surface area contributed by atoms with Crippen molar-refractivity contribution in [2.24, 2.45) is 0 Å². The van der Waals surface area contributed by atoms with Crippen molar-refractivity contribution < 1.29 is 27.6 Å². The van der Waals surface area contributed by atoms with Gasteiger partial charge in [0.25, 0.3) is 5.91 Å². The molecule has 1 heterocycles. The van der Waals surface area contributed by atoms with Crippen LogP contribution >= 0.6 is 23.2 Å². The first-order valence-electron chi connectivity index (χ1n) is 8.48. The third kappa shape index (κ3) is 4.22. The summed E-state index contributed by atoms with van der Waals surface area (Å²) in [5, 5.41) is 5.19. The van der Waals surface area contributed by atoms with Gasteiger partial charge in [0.05, 0.1) is 15.6 Å². The Morgan fingerprint density at radius 2 is 1.83 bits per heavy atom. The highest BCUT2D eigenvalue weighted by molar-refractivity contribution is 6.42. The fourth-order valence-electron chi connectivity index (χ4n) is 2.96. The van der Waals surface area contributed by atoms with Gasteiger partial charge in [-0.15, -0.1) is 0 Å². The van der Waals surface area contributed by atoms with Crippen molar-refractivity contribution in [3.05, 3.63) is 63.6 Å². The van der Waals surface area contributed by atoms with E-state index in [0.29, 0.717) is 10.5 Å². The number of amides is 4. The lowest BCUT2D eigenvalue weighted by Crippen LogP contribution is -2.42. The van der Waals surface area contributed by atoms with E-state index in [1.165, 1.54) is 31.2 Å². The van der Waals surface area contributed by atoms with E-state index in [9.17, 15) is 27.6 Å². The van der Waals surface area contributed by atoms with E-state index >= 15 is 0 Å². The molecule has 4 amide bonds. The molecule has 2 N–H and O–H groups in total. The van der Waals surface area contributed by atoms with Crippen molar-refractivity contribution in [2.75, 3.05) is 11.9 Å². The number of hydrogen-bond donors (Lipinski definition) is 2. The van der Waals surface area contributed by atoms with Crippen LogP contribution in [0.15, 0.2) is 42.5 Å². The topological polar surface area (TPSA) is 78.5 Å². The van der Waals surface area contributed by atoms with Crippen molar-refractivity contribution >= 4 is 46.7 Å². The van der Waals surface area contributed by atoms with Gasteiger partial charge in [-0.25, -0.2) is 4.79 Å². The number of anilines is 1. The molecule has 0 bridgehead atoms. The van der Waals surface area contributed by atoms with Crippen LogP contribution in [0.25, 0.3) is 0 Å². The molecule has 0 saturated carbocycles. The van der Waals surface area contributed by atoms with Gasteiger partial charge in [-0.1, -0.05) is 35.3 Å². The molecule has 3 rings (SSSR count). The SMILES string of the molecule is CC1(c2ccc(Cl)c(Cl)c2)NC(=O)N(CC(=O)Nc2cccc(C(F)(F)F)c2)C1=O. The monoisotopic (exact) mass is 459 g/mol. The number of halogens is 5. The summed E-state index contributed by atoms with van der Waals surface area (Å²) in [5.74, 6) is -1.55. The number of carbonyl (C=O) groups is 3. The average Bonchev–Trinajstić information content (AvgIpc) is 2.87. The van der Waals surface area contributed by atoms with Crippen LogP contribution in [0, 0.1) is 0 Å². The Morgan fingerprint density at radius 3 is 2.47 bits per heavy atom. The molecule has 0 spiro atoms. The zero-order valence-electron chi connectivity index (χ0n) is 15.3. The maximum absolute atomic E-state index is 12.8. The molecule has 1 aliphatic heterocycles. The first-order valence-corrected chi connectivity index (χ1v) is 9.24. The molecule has 2 aromatic carbocycles. The van der Waals surface area contributed by atoms with Gasteiger partial charge in [0.15, 0.2) is 0 Å². The number of hydrogen-bond acceptors (Lipinski definition) is 3. The van der Waals surface area contributed by atoms with E-state index in [-0.39, 0.29) is 15.7 Å². The molecule has 1 unspecified atom stereocenters. The number of urea groups is 1. The van der Waals surface area contributed by atoms with Crippen molar-refractivity contribution in [3.8, 4) is 0 Å². The second-order valence-electron chi connectivity index (χ2n) is 6.70. The van der Waals surface area contributed by atoms with Gasteiger partial charge in [0.1, 0.15) is 12.1 Å². The average molecular weight is 460 g/mol. The zero-order chi connectivity index (χ0) is 22.3. The molecule has 11 heteroatoms. The highest BCUT2D eigenvalue weighted by Gasteiger charge is 2.49. The first kappa shape index (κ1) is 21.9. The van der Waals surface area contributed by atoms with Crippen LogP contribution in [-0.4, -0.2) is 29.3 Å². The fraction of sp³-hybridized carbons (Fsp3) is 0.211. The maximum Gasteiger partial charge on any atom is 0.416 e. The smallest absolute Gasteiger partial charge is 0.325 e. The number of nitrogens with one attached hydrogen (secondary N) is 2. The number of nitrogens with zero attached hydrogens (tertiary/aromatic N) is 1. The summed E-state index contributed by atoms with van der Waals surface area (Å²) in [5.41, 5.74) is -2.19. The van der Waals surface area contributed by atoms with Gasteiger partial charge in [0, 0.05) is 5.69 Å². The minimum absolute atomic E-state index is 0.117. The van der Waals surface area contributed by atoms with Gasteiger partial charge in [-0.2, -0.15) is 13.2 Å². The van der Waals surface area contributed by atoms with Crippen molar-refractivity contribution in [1.82, 2.24) is 10.2 Å². The second-order valence-corrected chi connectivity index (χ2v) is 7.52. The standard InChI is InChI=1S/C19H14Cl2F3N3O3/c1-18(10-5-6-13(20)14(21)8-10)16(29)27(17(30)26-18)9-15(28)25-12-4-2-3-11(7-12)19(22,23)24/h2-8H,9H2,1H3,(H,25,28)(H,26,30). The quantitative estimate of drug-likeness (QED) is 0.664. The molecule has 0 aromatic heterocycles. The largest absolute Gasteiger partial charge is 0.416 e. The molecule has 1 saturated heterocycles. The molecule has 0 radical (unpaired) electrons. The van der Waals surface area contributed by atoms with Crippen LogP contribution in [-0.2, 0) is 21.3 Å². The Labute approximate surface area is 178 Å². The van der Waals surface area contributed by atoms with Crippen LogP contribution in [0.3, 0.4) is 0 Å². The van der Waals surface area contributed by atoms with E-state index in [0.717, 1.165) is 18.2 Å². The number of imide groups is 1. The van der Waals surface area contributed by atoms with E-state index in [1.807, 2.05) is 0 Å². The summed E-state index contributed by atoms with van der Waals surface area (Å²) in [6, 6.07) is 7.58. The van der Waals surface area contributed by atoms with Crippen LogP contribution < -0.4 is 10.6 Å². The third-order valence-corrected chi connectivity index (χ3v) is 5.29. The van der Waals surface area contributed by atoms with Gasteiger partial charge in [0.2, 0.25) is 5.91 Å². The summed E-state index contributed by atoms with van der Waals surface area (Å²) in [4.78, 5) is 38.1. The second kappa shape index (κ2) is 7.81. The number of rotatable bonds is 4. The minimum Gasteiger partial charge on any atom is -0.325 e. The van der Waals surface area contributed by atoms with E-state index < -0.39 is 41.7 Å². The van der Waals surface area contributed by atoms with Crippen molar-refractivity contribution in [1.29, 1.82) is 0 Å². The number of benzene rings is 2. The van der Waals surface area contributed by atoms with E-state index in [2.05, 4.69) is 10.6 Å². The molecule has 6 nitrogen and oxygen atoms in total. The number of alkyl halides is 3. The molecule has 1 aliphatic rings.